The lowest BCUT2D eigenvalue weighted by Crippen LogP contribution is -2.00. The van der Waals surface area contributed by atoms with Crippen molar-refractivity contribution in [2.45, 2.75) is 20.0 Å². The summed E-state index contributed by atoms with van der Waals surface area (Å²) in [5, 5.41) is 9.23. The van der Waals surface area contributed by atoms with Crippen molar-refractivity contribution in [3.63, 3.8) is 0 Å². The number of aliphatic hydroxyl groups excluding tert-OH is 1. The Morgan fingerprint density at radius 1 is 1.57 bits per heavy atom. The summed E-state index contributed by atoms with van der Waals surface area (Å²) < 4.78 is 14.0. The van der Waals surface area contributed by atoms with E-state index in [0.29, 0.717) is 10.0 Å². The Bertz CT molecular complexity index is 358. The lowest BCUT2D eigenvalue weighted by molar-refractivity contribution is 0.232. The summed E-state index contributed by atoms with van der Waals surface area (Å²) in [6, 6.07) is 4.84. The Kier molecular flexibility index (Phi) is 3.84. The van der Waals surface area contributed by atoms with Gasteiger partial charge >= 0.3 is 0 Å². The summed E-state index contributed by atoms with van der Waals surface area (Å²) in [6.45, 7) is 3.43. The van der Waals surface area contributed by atoms with Crippen LogP contribution in [-0.4, -0.2) is 11.2 Å². The molecule has 0 heterocycles. The second kappa shape index (κ2) is 4.71. The largest absolute Gasteiger partial charge is 0.389 e. The van der Waals surface area contributed by atoms with E-state index in [-0.39, 0.29) is 5.82 Å². The summed E-state index contributed by atoms with van der Waals surface area (Å²) in [7, 11) is 0. The fraction of sp³-hybridized carbons (Fsp3) is 0.273. The van der Waals surface area contributed by atoms with Gasteiger partial charge in [-0.05, 0) is 31.6 Å². The fourth-order valence-electron chi connectivity index (χ4n) is 0.984. The van der Waals surface area contributed by atoms with Gasteiger partial charge in [-0.2, -0.15) is 0 Å². The van der Waals surface area contributed by atoms with E-state index in [1.807, 2.05) is 0 Å². The molecule has 0 aliphatic carbocycles. The second-order valence-corrected chi connectivity index (χ2v) is 4.15. The highest BCUT2D eigenvalue weighted by Gasteiger charge is 2.02. The first-order chi connectivity index (χ1) is 6.50. The van der Waals surface area contributed by atoms with Gasteiger partial charge in [-0.3, -0.25) is 0 Å². The zero-order chi connectivity index (χ0) is 10.7. The van der Waals surface area contributed by atoms with Crippen molar-refractivity contribution < 1.29 is 9.50 Å². The van der Waals surface area contributed by atoms with Crippen molar-refractivity contribution in [2.24, 2.45) is 0 Å². The van der Waals surface area contributed by atoms with E-state index in [4.69, 9.17) is 0 Å². The standard InChI is InChI=1S/C11H12BrFO/c1-7(8(2)14)5-9-3-4-10(12)6-11(9)13/h3-6,8,14H,1-2H3/b7-5+. The van der Waals surface area contributed by atoms with Crippen molar-refractivity contribution in [1.29, 1.82) is 0 Å². The van der Waals surface area contributed by atoms with Gasteiger partial charge in [-0.25, -0.2) is 4.39 Å². The third kappa shape index (κ3) is 2.93. The third-order valence-corrected chi connectivity index (χ3v) is 2.50. The monoisotopic (exact) mass is 258 g/mol. The molecule has 0 aliphatic rings. The topological polar surface area (TPSA) is 20.2 Å². The average molecular weight is 259 g/mol. The van der Waals surface area contributed by atoms with Crippen molar-refractivity contribution in [3.05, 3.63) is 39.6 Å². The van der Waals surface area contributed by atoms with Crippen LogP contribution in [0, 0.1) is 5.82 Å². The predicted molar refractivity (Wildman–Crippen MR) is 59.4 cm³/mol. The van der Waals surface area contributed by atoms with Crippen LogP contribution in [0.3, 0.4) is 0 Å². The number of halogens is 2. The van der Waals surface area contributed by atoms with Crippen LogP contribution >= 0.6 is 15.9 Å². The van der Waals surface area contributed by atoms with E-state index >= 15 is 0 Å². The van der Waals surface area contributed by atoms with Gasteiger partial charge in [0.1, 0.15) is 5.82 Å². The molecule has 0 amide bonds. The maximum absolute atomic E-state index is 13.3. The van der Waals surface area contributed by atoms with Crippen LogP contribution in [-0.2, 0) is 0 Å². The quantitative estimate of drug-likeness (QED) is 0.863. The normalized spacial score (nSPS) is 14.2. The minimum atomic E-state index is -0.543. The molecule has 1 aromatic carbocycles. The van der Waals surface area contributed by atoms with E-state index in [9.17, 15) is 9.50 Å². The van der Waals surface area contributed by atoms with Crippen LogP contribution < -0.4 is 0 Å². The summed E-state index contributed by atoms with van der Waals surface area (Å²) in [6.07, 6.45) is 1.10. The van der Waals surface area contributed by atoms with Gasteiger partial charge < -0.3 is 5.11 Å². The van der Waals surface area contributed by atoms with Crippen LogP contribution in [0.25, 0.3) is 6.08 Å². The molecule has 0 aliphatic heterocycles. The number of rotatable bonds is 2. The molecule has 0 saturated carbocycles. The molecule has 0 aromatic heterocycles. The van der Waals surface area contributed by atoms with Crippen LogP contribution in [0.15, 0.2) is 28.2 Å². The third-order valence-electron chi connectivity index (χ3n) is 2.00. The van der Waals surface area contributed by atoms with Gasteiger partial charge in [0.05, 0.1) is 6.10 Å². The molecule has 0 radical (unpaired) electrons. The summed E-state index contributed by atoms with van der Waals surface area (Å²) in [5.74, 6) is -0.292. The Hall–Kier alpha value is -0.670. The number of aliphatic hydroxyl groups is 1. The minimum Gasteiger partial charge on any atom is -0.389 e. The van der Waals surface area contributed by atoms with Crippen molar-refractivity contribution in [2.75, 3.05) is 0 Å². The molecule has 1 unspecified atom stereocenters. The number of benzene rings is 1. The van der Waals surface area contributed by atoms with Gasteiger partial charge in [0.25, 0.3) is 0 Å². The smallest absolute Gasteiger partial charge is 0.131 e. The molecule has 3 heteroatoms. The molecule has 1 N–H and O–H groups in total. The summed E-state index contributed by atoms with van der Waals surface area (Å²) in [4.78, 5) is 0. The molecule has 0 bridgehead atoms. The van der Waals surface area contributed by atoms with Gasteiger partial charge in [0, 0.05) is 10.0 Å². The molecule has 1 atom stereocenters. The van der Waals surface area contributed by atoms with Crippen molar-refractivity contribution >= 4 is 22.0 Å². The molecular formula is C11H12BrFO. The molecular weight excluding hydrogens is 247 g/mol. The van der Waals surface area contributed by atoms with E-state index in [1.54, 1.807) is 32.1 Å². The summed E-state index contributed by atoms with van der Waals surface area (Å²) >= 11 is 3.18. The molecule has 0 fully saturated rings. The maximum atomic E-state index is 13.3. The van der Waals surface area contributed by atoms with E-state index < -0.39 is 6.10 Å². The molecule has 76 valence electrons. The minimum absolute atomic E-state index is 0.292. The van der Waals surface area contributed by atoms with E-state index in [0.717, 1.165) is 5.57 Å². The Balaban J connectivity index is 3.03. The summed E-state index contributed by atoms with van der Waals surface area (Å²) in [5.41, 5.74) is 1.23. The van der Waals surface area contributed by atoms with Crippen LogP contribution in [0.1, 0.15) is 19.4 Å². The van der Waals surface area contributed by atoms with Crippen molar-refractivity contribution in [1.82, 2.24) is 0 Å². The van der Waals surface area contributed by atoms with Gasteiger partial charge in [0.2, 0.25) is 0 Å². The van der Waals surface area contributed by atoms with Crippen LogP contribution in [0.2, 0.25) is 0 Å². The molecule has 1 rings (SSSR count). The Labute approximate surface area is 91.4 Å². The van der Waals surface area contributed by atoms with E-state index in [2.05, 4.69) is 15.9 Å². The Morgan fingerprint density at radius 2 is 2.21 bits per heavy atom. The first-order valence-corrected chi connectivity index (χ1v) is 5.11. The second-order valence-electron chi connectivity index (χ2n) is 3.23. The first-order valence-electron chi connectivity index (χ1n) is 4.32. The lowest BCUT2D eigenvalue weighted by Gasteiger charge is -2.05. The highest BCUT2D eigenvalue weighted by molar-refractivity contribution is 9.10. The van der Waals surface area contributed by atoms with Crippen molar-refractivity contribution in [3.8, 4) is 0 Å². The van der Waals surface area contributed by atoms with Gasteiger partial charge in [0.15, 0.2) is 0 Å². The molecule has 1 nitrogen and oxygen atoms in total. The lowest BCUT2D eigenvalue weighted by atomic mass is 10.1. The number of hydrogen-bond donors (Lipinski definition) is 1. The predicted octanol–water partition coefficient (Wildman–Crippen LogP) is 3.37. The molecule has 0 saturated heterocycles. The van der Waals surface area contributed by atoms with Gasteiger partial charge in [-0.15, -0.1) is 0 Å². The highest BCUT2D eigenvalue weighted by Crippen LogP contribution is 2.18. The first kappa shape index (κ1) is 11.4. The highest BCUT2D eigenvalue weighted by atomic mass is 79.9. The number of hydrogen-bond acceptors (Lipinski definition) is 1. The van der Waals surface area contributed by atoms with Crippen LogP contribution in [0.5, 0.6) is 0 Å². The average Bonchev–Trinajstić information content (AvgIpc) is 2.09. The molecule has 1 aromatic rings. The zero-order valence-corrected chi connectivity index (χ0v) is 9.68. The SMILES string of the molecule is C/C(=C\c1ccc(Br)cc1F)C(C)O. The fourth-order valence-corrected chi connectivity index (χ4v) is 1.32. The molecule has 14 heavy (non-hydrogen) atoms. The zero-order valence-electron chi connectivity index (χ0n) is 8.09. The van der Waals surface area contributed by atoms with Crippen LogP contribution in [0.4, 0.5) is 4.39 Å². The Morgan fingerprint density at radius 3 is 2.71 bits per heavy atom. The molecule has 0 spiro atoms. The van der Waals surface area contributed by atoms with Gasteiger partial charge in [-0.1, -0.05) is 28.1 Å². The van der Waals surface area contributed by atoms with E-state index in [1.165, 1.54) is 6.07 Å². The maximum Gasteiger partial charge on any atom is 0.131 e.